The zero-order valence-electron chi connectivity index (χ0n) is 16.5. The molecule has 2 aromatic heterocycles. The molecular formula is C21H20F3N3O3. The molecule has 0 amide bonds. The second-order valence-corrected chi connectivity index (χ2v) is 7.25. The van der Waals surface area contributed by atoms with Crippen LogP contribution in [0, 0.1) is 12.8 Å². The smallest absolute Gasteiger partial charge is 0.416 e. The highest BCUT2D eigenvalue weighted by molar-refractivity contribution is 6.07. The Morgan fingerprint density at radius 3 is 2.70 bits per heavy atom. The lowest BCUT2D eigenvalue weighted by Crippen LogP contribution is -2.07. The van der Waals surface area contributed by atoms with Gasteiger partial charge in [0.15, 0.2) is 0 Å². The number of aromatic nitrogens is 3. The average Bonchev–Trinajstić information content (AvgIpc) is 3.45. The molecule has 0 spiro atoms. The van der Waals surface area contributed by atoms with E-state index < -0.39 is 17.7 Å². The number of H-pyrrole nitrogens is 1. The van der Waals surface area contributed by atoms with E-state index in [4.69, 9.17) is 9.47 Å². The van der Waals surface area contributed by atoms with Gasteiger partial charge in [0.05, 0.1) is 24.3 Å². The molecule has 1 fully saturated rings. The van der Waals surface area contributed by atoms with Crippen LogP contribution in [0.5, 0.6) is 5.75 Å². The quantitative estimate of drug-likeness (QED) is 0.574. The molecule has 1 saturated carbocycles. The lowest BCUT2D eigenvalue weighted by molar-refractivity contribution is -0.137. The topological polar surface area (TPSA) is 77.1 Å². The van der Waals surface area contributed by atoms with Gasteiger partial charge in [0, 0.05) is 11.3 Å². The summed E-state index contributed by atoms with van der Waals surface area (Å²) in [4.78, 5) is 23.8. The number of hydrogen-bond donors (Lipinski definition) is 1. The molecule has 2 heterocycles. The molecule has 3 aromatic rings. The number of ether oxygens (including phenoxy) is 2. The minimum Gasteiger partial charge on any atom is -0.493 e. The Bertz CT molecular complexity index is 1100. The number of alkyl halides is 3. The Labute approximate surface area is 170 Å². The van der Waals surface area contributed by atoms with Gasteiger partial charge in [0.1, 0.15) is 28.9 Å². The largest absolute Gasteiger partial charge is 0.493 e. The van der Waals surface area contributed by atoms with Crippen molar-refractivity contribution in [3.63, 3.8) is 0 Å². The summed E-state index contributed by atoms with van der Waals surface area (Å²) in [6.07, 6.45) is -1.20. The molecule has 4 rings (SSSR count). The van der Waals surface area contributed by atoms with Crippen molar-refractivity contribution in [3.8, 4) is 17.0 Å². The van der Waals surface area contributed by atoms with Crippen LogP contribution in [0.3, 0.4) is 0 Å². The van der Waals surface area contributed by atoms with E-state index in [1.807, 2.05) is 0 Å². The summed E-state index contributed by atoms with van der Waals surface area (Å²) in [5.41, 5.74) is 0.998. The maximum absolute atomic E-state index is 13.4. The summed E-state index contributed by atoms with van der Waals surface area (Å²) in [5, 5.41) is 0. The molecule has 0 atom stereocenters. The SMILES string of the molecule is CCOC(=O)c1c(C)[nH]c2c(-c3cc(C(F)(F)F)ccc3OCC3CC3)ncnc12. The first-order valence-corrected chi connectivity index (χ1v) is 9.64. The molecule has 1 aliphatic carbocycles. The number of fused-ring (bicyclic) bond motifs is 1. The standard InChI is InChI=1S/C21H20F3N3O3/c1-3-29-20(28)16-11(2)27-19-17(25-10-26-18(16)19)14-8-13(21(22,23)24)6-7-15(14)30-9-12-4-5-12/h6-8,10,12,27H,3-5,9H2,1-2H3. The fourth-order valence-electron chi connectivity index (χ4n) is 3.29. The minimum atomic E-state index is -4.52. The highest BCUT2D eigenvalue weighted by atomic mass is 19.4. The van der Waals surface area contributed by atoms with Crippen LogP contribution in [-0.4, -0.2) is 34.1 Å². The fraction of sp³-hybridized carbons (Fsp3) is 0.381. The Morgan fingerprint density at radius 2 is 2.03 bits per heavy atom. The van der Waals surface area contributed by atoms with Gasteiger partial charge in [-0.25, -0.2) is 14.8 Å². The molecule has 0 aliphatic heterocycles. The van der Waals surface area contributed by atoms with Gasteiger partial charge in [-0.05, 0) is 50.8 Å². The number of halogens is 3. The Balaban J connectivity index is 1.87. The Hall–Kier alpha value is -3.10. The molecule has 6 nitrogen and oxygen atoms in total. The molecule has 0 saturated heterocycles. The van der Waals surface area contributed by atoms with Crippen molar-refractivity contribution in [2.24, 2.45) is 5.92 Å². The van der Waals surface area contributed by atoms with E-state index >= 15 is 0 Å². The highest BCUT2D eigenvalue weighted by Gasteiger charge is 2.32. The number of rotatable bonds is 6. The van der Waals surface area contributed by atoms with Crippen molar-refractivity contribution >= 4 is 17.0 Å². The van der Waals surface area contributed by atoms with E-state index in [1.165, 1.54) is 12.4 Å². The number of nitrogens with zero attached hydrogens (tertiary/aromatic N) is 2. The molecule has 30 heavy (non-hydrogen) atoms. The molecule has 1 aliphatic rings. The van der Waals surface area contributed by atoms with Crippen molar-refractivity contribution in [1.29, 1.82) is 0 Å². The molecular weight excluding hydrogens is 399 g/mol. The number of carbonyl (C=O) groups is 1. The lowest BCUT2D eigenvalue weighted by Gasteiger charge is -2.14. The molecule has 0 radical (unpaired) electrons. The fourth-order valence-corrected chi connectivity index (χ4v) is 3.29. The lowest BCUT2D eigenvalue weighted by atomic mass is 10.0. The average molecular weight is 419 g/mol. The van der Waals surface area contributed by atoms with E-state index in [0.29, 0.717) is 35.0 Å². The summed E-state index contributed by atoms with van der Waals surface area (Å²) in [7, 11) is 0. The molecule has 0 bridgehead atoms. The van der Waals surface area contributed by atoms with Crippen LogP contribution in [-0.2, 0) is 10.9 Å². The first-order valence-electron chi connectivity index (χ1n) is 9.64. The van der Waals surface area contributed by atoms with Crippen molar-refractivity contribution in [3.05, 3.63) is 41.3 Å². The highest BCUT2D eigenvalue weighted by Crippen LogP contribution is 2.40. The normalized spacial score (nSPS) is 14.2. The van der Waals surface area contributed by atoms with Crippen LogP contribution < -0.4 is 4.74 Å². The zero-order valence-corrected chi connectivity index (χ0v) is 16.5. The van der Waals surface area contributed by atoms with E-state index in [9.17, 15) is 18.0 Å². The number of nitrogens with one attached hydrogen (secondary N) is 1. The number of carbonyl (C=O) groups excluding carboxylic acids is 1. The van der Waals surface area contributed by atoms with Gasteiger partial charge in [0.25, 0.3) is 0 Å². The van der Waals surface area contributed by atoms with E-state index in [0.717, 1.165) is 25.0 Å². The van der Waals surface area contributed by atoms with Gasteiger partial charge < -0.3 is 14.5 Å². The summed E-state index contributed by atoms with van der Waals surface area (Å²) in [6.45, 7) is 3.99. The minimum absolute atomic E-state index is 0.189. The van der Waals surface area contributed by atoms with Gasteiger partial charge in [-0.2, -0.15) is 13.2 Å². The maximum atomic E-state index is 13.4. The zero-order chi connectivity index (χ0) is 21.5. The van der Waals surface area contributed by atoms with Crippen LogP contribution in [0.15, 0.2) is 24.5 Å². The molecule has 1 aromatic carbocycles. The Kier molecular flexibility index (Phi) is 5.13. The van der Waals surface area contributed by atoms with Crippen LogP contribution in [0.1, 0.15) is 41.4 Å². The van der Waals surface area contributed by atoms with Gasteiger partial charge in [-0.15, -0.1) is 0 Å². The van der Waals surface area contributed by atoms with Crippen molar-refractivity contribution in [2.45, 2.75) is 32.9 Å². The summed E-state index contributed by atoms with van der Waals surface area (Å²) in [5.74, 6) is 0.175. The third-order valence-corrected chi connectivity index (χ3v) is 4.98. The first kappa shape index (κ1) is 20.2. The van der Waals surface area contributed by atoms with Gasteiger partial charge >= 0.3 is 12.1 Å². The molecule has 158 valence electrons. The predicted octanol–water partition coefficient (Wildman–Crippen LogP) is 4.92. The molecule has 1 N–H and O–H groups in total. The number of benzene rings is 1. The van der Waals surface area contributed by atoms with E-state index in [2.05, 4.69) is 15.0 Å². The molecule has 9 heteroatoms. The second kappa shape index (κ2) is 7.62. The summed E-state index contributed by atoms with van der Waals surface area (Å²) >= 11 is 0. The number of aryl methyl sites for hydroxylation is 1. The monoisotopic (exact) mass is 419 g/mol. The third kappa shape index (κ3) is 3.83. The van der Waals surface area contributed by atoms with Crippen LogP contribution in [0.25, 0.3) is 22.3 Å². The second-order valence-electron chi connectivity index (χ2n) is 7.25. The van der Waals surface area contributed by atoms with Crippen LogP contribution in [0.4, 0.5) is 13.2 Å². The van der Waals surface area contributed by atoms with Gasteiger partial charge in [-0.3, -0.25) is 0 Å². The van der Waals surface area contributed by atoms with Crippen LogP contribution in [0.2, 0.25) is 0 Å². The number of esters is 1. The molecule has 0 unspecified atom stereocenters. The van der Waals surface area contributed by atoms with E-state index in [1.54, 1.807) is 13.8 Å². The predicted molar refractivity (Wildman–Crippen MR) is 103 cm³/mol. The number of hydrogen-bond acceptors (Lipinski definition) is 5. The third-order valence-electron chi connectivity index (χ3n) is 4.98. The first-order chi connectivity index (χ1) is 14.3. The summed E-state index contributed by atoms with van der Waals surface area (Å²) in [6, 6.07) is 3.33. The van der Waals surface area contributed by atoms with E-state index in [-0.39, 0.29) is 23.4 Å². The summed E-state index contributed by atoms with van der Waals surface area (Å²) < 4.78 is 51.0. The van der Waals surface area contributed by atoms with Gasteiger partial charge in [-0.1, -0.05) is 0 Å². The van der Waals surface area contributed by atoms with Crippen molar-refractivity contribution in [1.82, 2.24) is 15.0 Å². The van der Waals surface area contributed by atoms with Gasteiger partial charge in [0.2, 0.25) is 0 Å². The van der Waals surface area contributed by atoms with Crippen LogP contribution >= 0.6 is 0 Å². The van der Waals surface area contributed by atoms with Crippen molar-refractivity contribution in [2.75, 3.05) is 13.2 Å². The maximum Gasteiger partial charge on any atom is 0.416 e. The van der Waals surface area contributed by atoms with Crippen molar-refractivity contribution < 1.29 is 27.4 Å². The Morgan fingerprint density at radius 1 is 1.27 bits per heavy atom. The number of aromatic amines is 1.